The van der Waals surface area contributed by atoms with Crippen molar-refractivity contribution in [3.8, 4) is 0 Å². The highest BCUT2D eigenvalue weighted by Crippen LogP contribution is 2.19. The molecule has 0 unspecified atom stereocenters. The van der Waals surface area contributed by atoms with Gasteiger partial charge in [-0.2, -0.15) is 0 Å². The number of carbonyl (C=O) groups is 1. The third-order valence-electron chi connectivity index (χ3n) is 2.85. The van der Waals surface area contributed by atoms with Crippen LogP contribution < -0.4 is 10.2 Å². The summed E-state index contributed by atoms with van der Waals surface area (Å²) in [6.07, 6.45) is 0.340. The minimum atomic E-state index is -0.0517. The quantitative estimate of drug-likeness (QED) is 0.851. The first-order valence-corrected chi connectivity index (χ1v) is 6.61. The molecule has 1 N–H and O–H groups in total. The van der Waals surface area contributed by atoms with Gasteiger partial charge in [-0.05, 0) is 24.3 Å². The van der Waals surface area contributed by atoms with Gasteiger partial charge in [0.25, 0.3) is 0 Å². The standard InChI is InChI=1S/C13H17ClN2O2/c14-6-5-13(17)15-11-1-3-12(4-2-11)16-7-9-18-10-8-16/h1-4H,5-10H2,(H,15,17). The molecule has 5 heteroatoms. The van der Waals surface area contributed by atoms with Gasteiger partial charge in [-0.3, -0.25) is 4.79 Å². The van der Waals surface area contributed by atoms with Crippen molar-refractivity contribution < 1.29 is 9.53 Å². The van der Waals surface area contributed by atoms with Crippen LogP contribution >= 0.6 is 11.6 Å². The fraction of sp³-hybridized carbons (Fsp3) is 0.462. The van der Waals surface area contributed by atoms with E-state index in [0.29, 0.717) is 12.3 Å². The summed E-state index contributed by atoms with van der Waals surface area (Å²) in [5.41, 5.74) is 1.97. The minimum absolute atomic E-state index is 0.0517. The number of alkyl halides is 1. The molecule has 1 aromatic carbocycles. The molecule has 1 aliphatic rings. The van der Waals surface area contributed by atoms with E-state index < -0.39 is 0 Å². The predicted octanol–water partition coefficient (Wildman–Crippen LogP) is 2.09. The average Bonchev–Trinajstić information content (AvgIpc) is 2.41. The van der Waals surface area contributed by atoms with Crippen LogP contribution in [0.5, 0.6) is 0 Å². The number of hydrogen-bond acceptors (Lipinski definition) is 3. The van der Waals surface area contributed by atoms with Crippen LogP contribution in [0.15, 0.2) is 24.3 Å². The number of rotatable bonds is 4. The fourth-order valence-electron chi connectivity index (χ4n) is 1.89. The van der Waals surface area contributed by atoms with Crippen LogP contribution in [-0.2, 0) is 9.53 Å². The van der Waals surface area contributed by atoms with Gasteiger partial charge in [0.2, 0.25) is 5.91 Å². The Kier molecular flexibility index (Phi) is 4.84. The van der Waals surface area contributed by atoms with E-state index in [1.807, 2.05) is 24.3 Å². The van der Waals surface area contributed by atoms with Gasteiger partial charge >= 0.3 is 0 Å². The highest BCUT2D eigenvalue weighted by atomic mass is 35.5. The lowest BCUT2D eigenvalue weighted by molar-refractivity contribution is -0.115. The number of benzene rings is 1. The Labute approximate surface area is 112 Å². The zero-order valence-electron chi connectivity index (χ0n) is 10.2. The van der Waals surface area contributed by atoms with Crippen molar-refractivity contribution in [2.75, 3.05) is 42.4 Å². The molecule has 0 atom stereocenters. The van der Waals surface area contributed by atoms with Gasteiger partial charge in [-0.1, -0.05) is 0 Å². The molecule has 0 aliphatic carbocycles. The molecule has 4 nitrogen and oxygen atoms in total. The molecule has 1 fully saturated rings. The van der Waals surface area contributed by atoms with E-state index in [1.165, 1.54) is 0 Å². The Balaban J connectivity index is 1.94. The molecule has 0 radical (unpaired) electrons. The van der Waals surface area contributed by atoms with E-state index in [1.54, 1.807) is 0 Å². The Bertz CT molecular complexity index is 388. The number of nitrogens with one attached hydrogen (secondary N) is 1. The lowest BCUT2D eigenvalue weighted by atomic mass is 10.2. The summed E-state index contributed by atoms with van der Waals surface area (Å²) in [4.78, 5) is 13.6. The van der Waals surface area contributed by atoms with E-state index in [4.69, 9.17) is 16.3 Å². The van der Waals surface area contributed by atoms with Gasteiger partial charge in [-0.15, -0.1) is 11.6 Å². The second-order valence-electron chi connectivity index (χ2n) is 4.13. The highest BCUT2D eigenvalue weighted by Gasteiger charge is 2.10. The lowest BCUT2D eigenvalue weighted by Gasteiger charge is -2.28. The lowest BCUT2D eigenvalue weighted by Crippen LogP contribution is -2.36. The molecule has 1 aromatic rings. The molecule has 2 rings (SSSR count). The van der Waals surface area contributed by atoms with Crippen LogP contribution in [-0.4, -0.2) is 38.1 Å². The van der Waals surface area contributed by atoms with Crippen molar-refractivity contribution in [2.45, 2.75) is 6.42 Å². The molecular formula is C13H17ClN2O2. The normalized spacial score (nSPS) is 15.5. The number of hydrogen-bond donors (Lipinski definition) is 1. The molecule has 1 saturated heterocycles. The molecule has 1 aliphatic heterocycles. The number of ether oxygens (including phenoxy) is 1. The zero-order chi connectivity index (χ0) is 12.8. The number of morpholine rings is 1. The molecule has 0 saturated carbocycles. The Hall–Kier alpha value is -1.26. The summed E-state index contributed by atoms with van der Waals surface area (Å²) in [6, 6.07) is 7.86. The van der Waals surface area contributed by atoms with Crippen LogP contribution in [0.4, 0.5) is 11.4 Å². The molecule has 1 heterocycles. The van der Waals surface area contributed by atoms with Crippen LogP contribution in [0, 0.1) is 0 Å². The highest BCUT2D eigenvalue weighted by molar-refractivity contribution is 6.19. The minimum Gasteiger partial charge on any atom is -0.378 e. The predicted molar refractivity (Wildman–Crippen MR) is 73.4 cm³/mol. The SMILES string of the molecule is O=C(CCCl)Nc1ccc(N2CCOCC2)cc1. The summed E-state index contributed by atoms with van der Waals surface area (Å²) >= 11 is 5.51. The van der Waals surface area contributed by atoms with E-state index in [9.17, 15) is 4.79 Å². The largest absolute Gasteiger partial charge is 0.378 e. The second kappa shape index (κ2) is 6.61. The van der Waals surface area contributed by atoms with Gasteiger partial charge in [0, 0.05) is 36.8 Å². The number of halogens is 1. The Morgan fingerprint density at radius 2 is 1.94 bits per heavy atom. The van der Waals surface area contributed by atoms with Crippen LogP contribution in [0.25, 0.3) is 0 Å². The first kappa shape index (κ1) is 13.2. The van der Waals surface area contributed by atoms with Crippen molar-refractivity contribution in [1.29, 1.82) is 0 Å². The topological polar surface area (TPSA) is 41.6 Å². The Morgan fingerprint density at radius 3 is 2.56 bits per heavy atom. The zero-order valence-corrected chi connectivity index (χ0v) is 10.9. The van der Waals surface area contributed by atoms with Crippen LogP contribution in [0.2, 0.25) is 0 Å². The van der Waals surface area contributed by atoms with Gasteiger partial charge in [0.15, 0.2) is 0 Å². The van der Waals surface area contributed by atoms with E-state index in [2.05, 4.69) is 10.2 Å². The number of amides is 1. The summed E-state index contributed by atoms with van der Waals surface area (Å²) in [7, 11) is 0. The van der Waals surface area contributed by atoms with E-state index in [-0.39, 0.29) is 5.91 Å². The third kappa shape index (κ3) is 3.62. The van der Waals surface area contributed by atoms with Gasteiger partial charge in [-0.25, -0.2) is 0 Å². The van der Waals surface area contributed by atoms with Crippen molar-refractivity contribution in [3.05, 3.63) is 24.3 Å². The van der Waals surface area contributed by atoms with Crippen LogP contribution in [0.1, 0.15) is 6.42 Å². The first-order valence-electron chi connectivity index (χ1n) is 6.08. The Morgan fingerprint density at radius 1 is 1.28 bits per heavy atom. The van der Waals surface area contributed by atoms with E-state index in [0.717, 1.165) is 37.7 Å². The third-order valence-corrected chi connectivity index (χ3v) is 3.04. The molecule has 0 bridgehead atoms. The second-order valence-corrected chi connectivity index (χ2v) is 4.51. The van der Waals surface area contributed by atoms with Crippen molar-refractivity contribution in [1.82, 2.24) is 0 Å². The molecule has 0 aromatic heterocycles. The summed E-state index contributed by atoms with van der Waals surface area (Å²) in [6.45, 7) is 3.37. The van der Waals surface area contributed by atoms with Gasteiger partial charge in [0.05, 0.1) is 13.2 Å². The van der Waals surface area contributed by atoms with E-state index >= 15 is 0 Å². The molecule has 18 heavy (non-hydrogen) atoms. The van der Waals surface area contributed by atoms with Crippen molar-refractivity contribution in [2.24, 2.45) is 0 Å². The van der Waals surface area contributed by atoms with Crippen molar-refractivity contribution >= 4 is 28.9 Å². The van der Waals surface area contributed by atoms with Gasteiger partial charge in [0.1, 0.15) is 0 Å². The monoisotopic (exact) mass is 268 g/mol. The van der Waals surface area contributed by atoms with Crippen LogP contribution in [0.3, 0.4) is 0 Å². The summed E-state index contributed by atoms with van der Waals surface area (Å²) in [5, 5.41) is 2.81. The molecular weight excluding hydrogens is 252 g/mol. The summed E-state index contributed by atoms with van der Waals surface area (Å²) < 4.78 is 5.31. The number of carbonyl (C=O) groups excluding carboxylic acids is 1. The number of anilines is 2. The maximum Gasteiger partial charge on any atom is 0.225 e. The molecule has 0 spiro atoms. The van der Waals surface area contributed by atoms with Gasteiger partial charge < -0.3 is 15.0 Å². The molecule has 1 amide bonds. The first-order chi connectivity index (χ1) is 8.79. The fourth-order valence-corrected chi connectivity index (χ4v) is 2.06. The maximum absolute atomic E-state index is 11.4. The average molecular weight is 269 g/mol. The number of nitrogens with zero attached hydrogens (tertiary/aromatic N) is 1. The summed E-state index contributed by atoms with van der Waals surface area (Å²) in [5.74, 6) is 0.293. The smallest absolute Gasteiger partial charge is 0.225 e. The molecule has 98 valence electrons. The maximum atomic E-state index is 11.4. The van der Waals surface area contributed by atoms with Crippen molar-refractivity contribution in [3.63, 3.8) is 0 Å².